The van der Waals surface area contributed by atoms with Crippen molar-refractivity contribution in [1.29, 1.82) is 0 Å². The van der Waals surface area contributed by atoms with Crippen LogP contribution in [-0.2, 0) is 6.42 Å². The minimum absolute atomic E-state index is 0.176. The summed E-state index contributed by atoms with van der Waals surface area (Å²) in [6.45, 7) is 1.96. The summed E-state index contributed by atoms with van der Waals surface area (Å²) in [5.41, 5.74) is 0.361. The topological polar surface area (TPSA) is 79.1 Å². The van der Waals surface area contributed by atoms with Gasteiger partial charge in [-0.3, -0.25) is 0 Å². The third-order valence-electron chi connectivity index (χ3n) is 3.03. The first-order chi connectivity index (χ1) is 9.58. The van der Waals surface area contributed by atoms with Crippen LogP contribution in [0.25, 0.3) is 22.6 Å². The molecule has 0 unspecified atom stereocenters. The molecule has 20 heavy (non-hydrogen) atoms. The fourth-order valence-corrected chi connectivity index (χ4v) is 2.06. The molecule has 0 bridgehead atoms. The van der Waals surface area contributed by atoms with Gasteiger partial charge in [0.15, 0.2) is 11.6 Å². The molecule has 3 aromatic rings. The van der Waals surface area contributed by atoms with Crippen LogP contribution in [0.3, 0.4) is 0 Å². The Morgan fingerprint density at radius 2 is 2.25 bits per heavy atom. The fourth-order valence-electron chi connectivity index (χ4n) is 2.06. The monoisotopic (exact) mass is 274 g/mol. The molecule has 0 saturated carbocycles. The fraction of sp³-hybridized carbons (Fsp3) is 0.143. The van der Waals surface area contributed by atoms with Crippen LogP contribution >= 0.6 is 0 Å². The van der Waals surface area contributed by atoms with E-state index in [1.165, 1.54) is 6.07 Å². The summed E-state index contributed by atoms with van der Waals surface area (Å²) < 4.78 is 18.9. The average Bonchev–Trinajstić information content (AvgIpc) is 3.02. The Labute approximate surface area is 113 Å². The number of nitrogens with one attached hydrogen (secondary N) is 1. The van der Waals surface area contributed by atoms with E-state index >= 15 is 0 Å². The number of hydrogen-bond acceptors (Lipinski definition) is 3. The number of carboxylic acid groups (broad SMARTS) is 1. The molecule has 6 heteroatoms. The van der Waals surface area contributed by atoms with Crippen molar-refractivity contribution in [3.05, 3.63) is 41.4 Å². The van der Waals surface area contributed by atoms with E-state index < -0.39 is 11.8 Å². The lowest BCUT2D eigenvalue weighted by Crippen LogP contribution is -1.98. The molecular formula is C14H11FN2O3. The third-order valence-corrected chi connectivity index (χ3v) is 3.03. The largest absolute Gasteiger partial charge is 0.478 e. The molecule has 3 rings (SSSR count). The van der Waals surface area contributed by atoms with Crippen LogP contribution in [0, 0.1) is 5.82 Å². The smallest absolute Gasteiger partial charge is 0.338 e. The van der Waals surface area contributed by atoms with Crippen molar-refractivity contribution in [1.82, 2.24) is 9.97 Å². The van der Waals surface area contributed by atoms with Crippen molar-refractivity contribution in [3.8, 4) is 11.6 Å². The summed E-state index contributed by atoms with van der Waals surface area (Å²) in [5.74, 6) is -0.173. The lowest BCUT2D eigenvalue weighted by molar-refractivity contribution is 0.0698. The standard InChI is InChI=1S/C14H11FN2O3/c1-2-8-3-4-11(20-8)13-16-10-6-7(15)5-9(14(18)19)12(10)17-13/h3-6H,2H2,1H3,(H,16,17)(H,18,19). The minimum Gasteiger partial charge on any atom is -0.478 e. The SMILES string of the molecule is CCc1ccc(-c2nc3c(C(=O)O)cc(F)cc3[nH]2)o1. The Balaban J connectivity index is 2.19. The van der Waals surface area contributed by atoms with Gasteiger partial charge in [0.05, 0.1) is 11.1 Å². The Bertz CT molecular complexity index is 804. The number of aromatic nitrogens is 2. The van der Waals surface area contributed by atoms with E-state index in [0.29, 0.717) is 17.1 Å². The van der Waals surface area contributed by atoms with Gasteiger partial charge in [0, 0.05) is 6.42 Å². The van der Waals surface area contributed by atoms with Gasteiger partial charge >= 0.3 is 5.97 Å². The first kappa shape index (κ1) is 12.4. The van der Waals surface area contributed by atoms with Gasteiger partial charge in [-0.25, -0.2) is 14.2 Å². The average molecular weight is 274 g/mol. The van der Waals surface area contributed by atoms with E-state index in [9.17, 15) is 9.18 Å². The highest BCUT2D eigenvalue weighted by Crippen LogP contribution is 2.25. The summed E-state index contributed by atoms with van der Waals surface area (Å²) in [6.07, 6.45) is 0.745. The Morgan fingerprint density at radius 1 is 1.45 bits per heavy atom. The number of furan rings is 1. The molecule has 1 aromatic carbocycles. The first-order valence-corrected chi connectivity index (χ1v) is 6.10. The maximum absolute atomic E-state index is 13.4. The Morgan fingerprint density at radius 3 is 2.90 bits per heavy atom. The number of nitrogens with zero attached hydrogens (tertiary/aromatic N) is 1. The molecule has 0 aliphatic carbocycles. The van der Waals surface area contributed by atoms with Crippen LogP contribution in [-0.4, -0.2) is 21.0 Å². The van der Waals surface area contributed by atoms with Crippen molar-refractivity contribution in [2.45, 2.75) is 13.3 Å². The van der Waals surface area contributed by atoms with E-state index in [0.717, 1.165) is 18.2 Å². The number of aryl methyl sites for hydroxylation is 1. The summed E-state index contributed by atoms with van der Waals surface area (Å²) in [6, 6.07) is 5.73. The second kappa shape index (κ2) is 4.48. The number of fused-ring (bicyclic) bond motifs is 1. The molecule has 5 nitrogen and oxygen atoms in total. The predicted octanol–water partition coefficient (Wildman–Crippen LogP) is 3.22. The van der Waals surface area contributed by atoms with Crippen molar-refractivity contribution in [3.63, 3.8) is 0 Å². The molecule has 0 fully saturated rings. The van der Waals surface area contributed by atoms with Gasteiger partial charge in [0.25, 0.3) is 0 Å². The summed E-state index contributed by atoms with van der Waals surface area (Å²) in [7, 11) is 0. The summed E-state index contributed by atoms with van der Waals surface area (Å²) in [5, 5.41) is 9.09. The zero-order valence-corrected chi connectivity index (χ0v) is 10.6. The number of aromatic amines is 1. The molecule has 0 aliphatic heterocycles. The van der Waals surface area contributed by atoms with Gasteiger partial charge in [-0.15, -0.1) is 0 Å². The molecule has 2 aromatic heterocycles. The maximum Gasteiger partial charge on any atom is 0.338 e. The van der Waals surface area contributed by atoms with Crippen LogP contribution in [0.15, 0.2) is 28.7 Å². The summed E-state index contributed by atoms with van der Waals surface area (Å²) >= 11 is 0. The van der Waals surface area contributed by atoms with Gasteiger partial charge in [-0.1, -0.05) is 6.92 Å². The molecule has 2 heterocycles. The molecule has 0 radical (unpaired) electrons. The second-order valence-corrected chi connectivity index (χ2v) is 4.36. The molecule has 102 valence electrons. The van der Waals surface area contributed by atoms with Gasteiger partial charge in [-0.2, -0.15) is 0 Å². The molecule has 2 N–H and O–H groups in total. The highest BCUT2D eigenvalue weighted by molar-refractivity contribution is 6.01. The van der Waals surface area contributed by atoms with E-state index in [4.69, 9.17) is 9.52 Å². The van der Waals surface area contributed by atoms with Crippen LogP contribution in [0.5, 0.6) is 0 Å². The van der Waals surface area contributed by atoms with Crippen molar-refractivity contribution in [2.75, 3.05) is 0 Å². The lowest BCUT2D eigenvalue weighted by atomic mass is 10.2. The Hall–Kier alpha value is -2.63. The quantitative estimate of drug-likeness (QED) is 0.768. The van der Waals surface area contributed by atoms with E-state index in [1.54, 1.807) is 6.07 Å². The number of carboxylic acids is 1. The van der Waals surface area contributed by atoms with Crippen LogP contribution < -0.4 is 0 Å². The molecular weight excluding hydrogens is 263 g/mol. The van der Waals surface area contributed by atoms with Gasteiger partial charge < -0.3 is 14.5 Å². The van der Waals surface area contributed by atoms with Crippen molar-refractivity contribution >= 4 is 17.0 Å². The van der Waals surface area contributed by atoms with Crippen LogP contribution in [0.4, 0.5) is 4.39 Å². The first-order valence-electron chi connectivity index (χ1n) is 6.10. The number of benzene rings is 1. The lowest BCUT2D eigenvalue weighted by Gasteiger charge is -1.95. The van der Waals surface area contributed by atoms with E-state index in [2.05, 4.69) is 9.97 Å². The number of rotatable bonds is 3. The Kier molecular flexibility index (Phi) is 2.78. The zero-order chi connectivity index (χ0) is 14.3. The number of imidazole rings is 1. The molecule has 0 amide bonds. The van der Waals surface area contributed by atoms with E-state index in [-0.39, 0.29) is 11.1 Å². The van der Waals surface area contributed by atoms with Crippen LogP contribution in [0.2, 0.25) is 0 Å². The molecule has 0 spiro atoms. The number of hydrogen-bond donors (Lipinski definition) is 2. The number of aromatic carboxylic acids is 1. The minimum atomic E-state index is -1.22. The maximum atomic E-state index is 13.4. The van der Waals surface area contributed by atoms with Gasteiger partial charge in [0.1, 0.15) is 17.1 Å². The van der Waals surface area contributed by atoms with Gasteiger partial charge in [-0.05, 0) is 24.3 Å². The molecule has 0 saturated heterocycles. The normalized spacial score (nSPS) is 11.1. The summed E-state index contributed by atoms with van der Waals surface area (Å²) in [4.78, 5) is 18.2. The third kappa shape index (κ3) is 1.95. The zero-order valence-electron chi connectivity index (χ0n) is 10.6. The van der Waals surface area contributed by atoms with E-state index in [1.807, 2.05) is 13.0 Å². The highest BCUT2D eigenvalue weighted by atomic mass is 19.1. The number of halogens is 1. The van der Waals surface area contributed by atoms with Gasteiger partial charge in [0.2, 0.25) is 0 Å². The molecule has 0 aliphatic rings. The second-order valence-electron chi connectivity index (χ2n) is 4.36. The predicted molar refractivity (Wildman–Crippen MR) is 70.1 cm³/mol. The molecule has 0 atom stereocenters. The number of carbonyl (C=O) groups is 1. The highest BCUT2D eigenvalue weighted by Gasteiger charge is 2.17. The number of H-pyrrole nitrogens is 1. The van der Waals surface area contributed by atoms with Crippen LogP contribution in [0.1, 0.15) is 23.0 Å². The van der Waals surface area contributed by atoms with Crippen molar-refractivity contribution < 1.29 is 18.7 Å². The van der Waals surface area contributed by atoms with Crippen molar-refractivity contribution in [2.24, 2.45) is 0 Å².